The predicted octanol–water partition coefficient (Wildman–Crippen LogP) is 0.381. The monoisotopic (exact) mass is 81.0 g/mol. The number of ether oxygens (including phenoxy) is 1. The van der Waals surface area contributed by atoms with Crippen LogP contribution in [-0.4, -0.2) is 35.0 Å². The van der Waals surface area contributed by atoms with E-state index in [2.05, 4.69) is 4.74 Å². The molecule has 0 atom stereocenters. The predicted molar refractivity (Wildman–Crippen MR) is 21.9 cm³/mol. The molecule has 25 valence electrons. The number of rotatable bonds is 2. The molecule has 0 spiro atoms. The summed E-state index contributed by atoms with van der Waals surface area (Å²) in [7, 11) is 1.68. The van der Waals surface area contributed by atoms with Crippen molar-refractivity contribution in [2.75, 3.05) is 7.11 Å². The van der Waals surface area contributed by atoms with Gasteiger partial charge in [-0.3, -0.25) is 0 Å². The van der Waals surface area contributed by atoms with E-state index in [0.29, 0.717) is 0 Å². The Morgan fingerprint density at radius 2 is 2.60 bits per heavy atom. The van der Waals surface area contributed by atoms with Gasteiger partial charge in [-0.05, 0) is 0 Å². The second kappa shape index (κ2) is 4.96. The van der Waals surface area contributed by atoms with Crippen molar-refractivity contribution in [2.45, 2.75) is 3.67 Å². The zero-order valence-electron chi connectivity index (χ0n) is 3.69. The summed E-state index contributed by atoms with van der Waals surface area (Å²) >= 11 is 1.22. The van der Waals surface area contributed by atoms with E-state index >= 15 is 0 Å². The van der Waals surface area contributed by atoms with Crippen LogP contribution in [0.4, 0.5) is 0 Å². The van der Waals surface area contributed by atoms with Gasteiger partial charge >= 0.3 is 50.1 Å². The van der Waals surface area contributed by atoms with Crippen molar-refractivity contribution in [3.05, 3.63) is 6.61 Å². The summed E-state index contributed by atoms with van der Waals surface area (Å²) < 4.78 is 5.74. The SMILES string of the molecule is CO[CH][CH2][Na]. The van der Waals surface area contributed by atoms with Gasteiger partial charge in [0.1, 0.15) is 0 Å². The summed E-state index contributed by atoms with van der Waals surface area (Å²) in [6.07, 6.45) is 0. The molecule has 1 nitrogen and oxygen atoms in total. The van der Waals surface area contributed by atoms with Crippen molar-refractivity contribution in [3.8, 4) is 0 Å². The molecule has 0 aliphatic heterocycles. The second-order valence-electron chi connectivity index (χ2n) is 0.811. The summed E-state index contributed by atoms with van der Waals surface area (Å²) in [6, 6.07) is 0. The fraction of sp³-hybridized carbons (Fsp3) is 0.667. The average molecular weight is 81.1 g/mol. The van der Waals surface area contributed by atoms with Crippen molar-refractivity contribution >= 4 is 27.9 Å². The van der Waals surface area contributed by atoms with E-state index in [4.69, 9.17) is 0 Å². The van der Waals surface area contributed by atoms with Crippen LogP contribution in [0.1, 0.15) is 0 Å². The van der Waals surface area contributed by atoms with E-state index in [9.17, 15) is 0 Å². The molecule has 0 aliphatic rings. The molecule has 0 saturated heterocycles. The molecule has 5 heavy (non-hydrogen) atoms. The molecule has 0 heterocycles. The summed E-state index contributed by atoms with van der Waals surface area (Å²) in [5.74, 6) is 0. The molecular formula is C3H6NaO. The van der Waals surface area contributed by atoms with Gasteiger partial charge in [0.2, 0.25) is 0 Å². The van der Waals surface area contributed by atoms with Gasteiger partial charge in [0, 0.05) is 0 Å². The normalized spacial score (nSPS) is 8.60. The van der Waals surface area contributed by atoms with Gasteiger partial charge in [0.25, 0.3) is 0 Å². The molecule has 2 heteroatoms. The molecule has 0 fully saturated rings. The van der Waals surface area contributed by atoms with Crippen LogP contribution in [0.5, 0.6) is 0 Å². The van der Waals surface area contributed by atoms with Gasteiger partial charge in [0.15, 0.2) is 0 Å². The number of hydrogen-bond donors (Lipinski definition) is 0. The van der Waals surface area contributed by atoms with Crippen LogP contribution in [0.25, 0.3) is 0 Å². The molecule has 0 aromatic rings. The molecule has 1 radical (unpaired) electrons. The Labute approximate surface area is 50.1 Å². The molecule has 0 aliphatic carbocycles. The van der Waals surface area contributed by atoms with Crippen molar-refractivity contribution in [1.82, 2.24) is 0 Å². The zero-order chi connectivity index (χ0) is 4.12. The van der Waals surface area contributed by atoms with Crippen LogP contribution in [-0.2, 0) is 4.74 Å². The standard InChI is InChI=1S/C3H6O.Na/c1-3-4-2;/h3H,1H2,2H3;. The second-order valence-corrected chi connectivity index (χ2v) is 1.63. The van der Waals surface area contributed by atoms with Gasteiger partial charge in [-0.1, -0.05) is 0 Å². The van der Waals surface area contributed by atoms with E-state index in [0.717, 1.165) is 3.67 Å². The van der Waals surface area contributed by atoms with Crippen LogP contribution in [0.15, 0.2) is 0 Å². The maximum absolute atomic E-state index is 4.60. The first-order valence-electron chi connectivity index (χ1n) is 1.76. The van der Waals surface area contributed by atoms with E-state index in [-0.39, 0.29) is 0 Å². The maximum atomic E-state index is 4.60. The van der Waals surface area contributed by atoms with E-state index in [1.165, 1.54) is 27.9 Å². The summed E-state index contributed by atoms with van der Waals surface area (Å²) in [5.41, 5.74) is 0. The summed E-state index contributed by atoms with van der Waals surface area (Å²) in [5, 5.41) is 0. The third-order valence-electron chi connectivity index (χ3n) is 0.333. The van der Waals surface area contributed by atoms with Crippen LogP contribution in [0.2, 0.25) is 3.67 Å². The minimum atomic E-state index is 1.14. The molecular weight excluding hydrogens is 75.0 g/mol. The topological polar surface area (TPSA) is 9.23 Å². The van der Waals surface area contributed by atoms with Crippen LogP contribution >= 0.6 is 0 Å². The van der Waals surface area contributed by atoms with Crippen LogP contribution < -0.4 is 0 Å². The van der Waals surface area contributed by atoms with Gasteiger partial charge in [-0.15, -0.1) is 0 Å². The molecule has 0 aromatic carbocycles. The average Bonchev–Trinajstić information content (AvgIpc) is 1.41. The zero-order valence-corrected chi connectivity index (χ0v) is 5.69. The molecule has 0 rings (SSSR count). The van der Waals surface area contributed by atoms with Gasteiger partial charge in [-0.25, -0.2) is 0 Å². The Kier molecular flexibility index (Phi) is 5.91. The summed E-state index contributed by atoms with van der Waals surface area (Å²) in [4.78, 5) is 0. The van der Waals surface area contributed by atoms with Crippen molar-refractivity contribution in [2.24, 2.45) is 0 Å². The van der Waals surface area contributed by atoms with Crippen LogP contribution in [0, 0.1) is 6.61 Å². The van der Waals surface area contributed by atoms with Crippen molar-refractivity contribution < 1.29 is 4.74 Å². The van der Waals surface area contributed by atoms with Gasteiger partial charge in [0.05, 0.1) is 0 Å². The molecule has 0 N–H and O–H groups in total. The minimum absolute atomic E-state index is 1.14. The quantitative estimate of drug-likeness (QED) is 0.437. The Morgan fingerprint density at radius 3 is 2.60 bits per heavy atom. The summed E-state index contributed by atoms with van der Waals surface area (Å²) in [6.45, 7) is 1.81. The Hall–Kier alpha value is 0.960. The van der Waals surface area contributed by atoms with E-state index in [1.54, 1.807) is 7.11 Å². The molecule has 0 unspecified atom stereocenters. The van der Waals surface area contributed by atoms with Crippen molar-refractivity contribution in [1.29, 1.82) is 0 Å². The third-order valence-corrected chi connectivity index (χ3v) is 0.667. The first kappa shape index (κ1) is 5.96. The van der Waals surface area contributed by atoms with Crippen LogP contribution in [0.3, 0.4) is 0 Å². The molecule has 0 amide bonds. The Bertz CT molecular complexity index is 14.4. The van der Waals surface area contributed by atoms with E-state index < -0.39 is 0 Å². The fourth-order valence-electron chi connectivity index (χ4n) is 0.167. The number of hydrogen-bond acceptors (Lipinski definition) is 1. The van der Waals surface area contributed by atoms with Gasteiger partial charge < -0.3 is 0 Å². The van der Waals surface area contributed by atoms with Crippen molar-refractivity contribution in [3.63, 3.8) is 0 Å². The Morgan fingerprint density at radius 1 is 2.00 bits per heavy atom. The first-order chi connectivity index (χ1) is 2.41. The molecule has 0 aromatic heterocycles. The first-order valence-corrected chi connectivity index (χ1v) is 3.17. The molecule has 0 bridgehead atoms. The van der Waals surface area contributed by atoms with E-state index in [1.807, 2.05) is 6.61 Å². The third kappa shape index (κ3) is 4.96. The Balaban J connectivity index is 2.19. The number of methoxy groups -OCH3 is 1. The van der Waals surface area contributed by atoms with Gasteiger partial charge in [-0.2, -0.15) is 0 Å². The molecule has 0 saturated carbocycles. The fourth-order valence-corrected chi connectivity index (χ4v) is 0.500.